The third-order valence-corrected chi connectivity index (χ3v) is 6.04. The lowest BCUT2D eigenvalue weighted by atomic mass is 9.83. The Hall–Kier alpha value is -3.27. The molecule has 34 heavy (non-hydrogen) atoms. The van der Waals surface area contributed by atoms with Gasteiger partial charge in [-0.15, -0.1) is 0 Å². The van der Waals surface area contributed by atoms with Crippen molar-refractivity contribution in [1.82, 2.24) is 9.97 Å². The summed E-state index contributed by atoms with van der Waals surface area (Å²) in [5.74, 6) is -0.234. The van der Waals surface area contributed by atoms with Crippen LogP contribution in [0.3, 0.4) is 0 Å². The average molecular weight is 475 g/mol. The van der Waals surface area contributed by atoms with Crippen molar-refractivity contribution in [1.29, 1.82) is 0 Å². The van der Waals surface area contributed by atoms with E-state index in [0.717, 1.165) is 44.1 Å². The molecule has 4 rings (SSSR count). The number of alkyl halides is 3. The molecule has 0 bridgehead atoms. The molecule has 3 aromatic rings. The number of anilines is 1. The van der Waals surface area contributed by atoms with E-state index in [9.17, 15) is 27.9 Å². The zero-order chi connectivity index (χ0) is 24.7. The number of pyridine rings is 1. The third-order valence-electron chi connectivity index (χ3n) is 6.04. The van der Waals surface area contributed by atoms with E-state index in [1.54, 1.807) is 6.07 Å². The second kappa shape index (κ2) is 8.83. The Kier molecular flexibility index (Phi) is 6.20. The summed E-state index contributed by atoms with van der Waals surface area (Å²) in [4.78, 5) is 31.7. The highest BCUT2D eigenvalue weighted by atomic mass is 19.4. The molecule has 0 saturated heterocycles. The Labute approximate surface area is 193 Å². The molecule has 1 aliphatic carbocycles. The van der Waals surface area contributed by atoms with Crippen molar-refractivity contribution in [3.05, 3.63) is 53.2 Å². The minimum atomic E-state index is -4.69. The first-order valence-corrected chi connectivity index (χ1v) is 10.9. The van der Waals surface area contributed by atoms with E-state index in [4.69, 9.17) is 4.42 Å². The molecular weight excluding hydrogens is 451 g/mol. The maximum atomic E-state index is 13.0. The highest BCUT2D eigenvalue weighted by molar-refractivity contribution is 6.04. The van der Waals surface area contributed by atoms with Gasteiger partial charge in [0, 0.05) is 23.5 Å². The van der Waals surface area contributed by atoms with Gasteiger partial charge in [0.15, 0.2) is 11.5 Å². The first-order valence-electron chi connectivity index (χ1n) is 10.9. The van der Waals surface area contributed by atoms with Crippen LogP contribution in [0.15, 0.2) is 34.7 Å². The summed E-state index contributed by atoms with van der Waals surface area (Å²) in [5.41, 5.74) is -1.63. The Bertz CT molecular complexity index is 1220. The number of nitrogens with one attached hydrogen (secondary N) is 1. The van der Waals surface area contributed by atoms with Crippen LogP contribution in [0.5, 0.6) is 0 Å². The molecule has 2 heterocycles. The van der Waals surface area contributed by atoms with Gasteiger partial charge in [0.1, 0.15) is 23.2 Å². The minimum absolute atomic E-state index is 0.0497. The summed E-state index contributed by atoms with van der Waals surface area (Å²) >= 11 is 0. The van der Waals surface area contributed by atoms with Crippen molar-refractivity contribution in [3.8, 4) is 0 Å². The minimum Gasteiger partial charge on any atom is -0.440 e. The fourth-order valence-electron chi connectivity index (χ4n) is 4.18. The predicted octanol–water partition coefficient (Wildman–Crippen LogP) is 5.19. The number of oxazole rings is 1. The number of hydrogen-bond acceptors (Lipinski definition) is 6. The average Bonchev–Trinajstić information content (AvgIpc) is 3.20. The van der Waals surface area contributed by atoms with Crippen LogP contribution < -0.4 is 5.32 Å². The first kappa shape index (κ1) is 23.9. The Morgan fingerprint density at radius 3 is 2.47 bits per heavy atom. The fraction of sp³-hybridized carbons (Fsp3) is 0.417. The van der Waals surface area contributed by atoms with Gasteiger partial charge in [0.05, 0.1) is 11.3 Å². The number of nitrogens with zero attached hydrogens (tertiary/aromatic N) is 2. The summed E-state index contributed by atoms with van der Waals surface area (Å²) in [6, 6.07) is 6.15. The Morgan fingerprint density at radius 1 is 1.15 bits per heavy atom. The topological polar surface area (TPSA) is 105 Å². The molecule has 0 aliphatic heterocycles. The standard InChI is InChI=1S/C24H24F3N3O4/c1-23(2,33)15-10-18-19(34-22(30-18)14-8-6-13(12-31)7-9-14)11-17(15)29-21(32)16-4-3-5-20(28-16)24(25,26)27/h3-5,10-14,33H,6-9H2,1-2H3,(H,29,32). The second-order valence-electron chi connectivity index (χ2n) is 9.08. The van der Waals surface area contributed by atoms with Crippen LogP contribution in [0.25, 0.3) is 11.1 Å². The van der Waals surface area contributed by atoms with Gasteiger partial charge in [-0.2, -0.15) is 13.2 Å². The summed E-state index contributed by atoms with van der Waals surface area (Å²) < 4.78 is 44.9. The van der Waals surface area contributed by atoms with Crippen LogP contribution in [0.1, 0.15) is 73.1 Å². The highest BCUT2D eigenvalue weighted by Gasteiger charge is 2.33. The van der Waals surface area contributed by atoms with Gasteiger partial charge in [-0.05, 0) is 57.7 Å². The molecular formula is C24H24F3N3O4. The molecule has 10 heteroatoms. The zero-order valence-electron chi connectivity index (χ0n) is 18.6. The lowest BCUT2D eigenvalue weighted by molar-refractivity contribution is -0.141. The van der Waals surface area contributed by atoms with E-state index in [0.29, 0.717) is 22.6 Å². The number of aromatic nitrogens is 2. The number of aldehydes is 1. The smallest absolute Gasteiger partial charge is 0.433 e. The van der Waals surface area contributed by atoms with Crippen LogP contribution in [0.4, 0.5) is 18.9 Å². The van der Waals surface area contributed by atoms with E-state index in [2.05, 4.69) is 15.3 Å². The summed E-state index contributed by atoms with van der Waals surface area (Å²) in [6.45, 7) is 3.04. The van der Waals surface area contributed by atoms with Crippen molar-refractivity contribution in [3.63, 3.8) is 0 Å². The van der Waals surface area contributed by atoms with Gasteiger partial charge < -0.3 is 19.6 Å². The van der Waals surface area contributed by atoms with Crippen LogP contribution >= 0.6 is 0 Å². The third kappa shape index (κ3) is 4.96. The molecule has 0 spiro atoms. The van der Waals surface area contributed by atoms with E-state index in [1.807, 2.05) is 0 Å². The second-order valence-corrected chi connectivity index (χ2v) is 9.08. The molecule has 1 aromatic carbocycles. The van der Waals surface area contributed by atoms with Crippen molar-refractivity contribution in [2.24, 2.45) is 5.92 Å². The number of hydrogen-bond donors (Lipinski definition) is 2. The molecule has 0 unspecified atom stereocenters. The van der Waals surface area contributed by atoms with Crippen LogP contribution in [0, 0.1) is 5.92 Å². The number of carbonyl (C=O) groups excluding carboxylic acids is 2. The van der Waals surface area contributed by atoms with Crippen molar-refractivity contribution in [2.75, 3.05) is 5.32 Å². The molecule has 0 radical (unpaired) electrons. The number of halogens is 3. The van der Waals surface area contributed by atoms with E-state index in [1.165, 1.54) is 26.0 Å². The summed E-state index contributed by atoms with van der Waals surface area (Å²) in [5, 5.41) is 13.2. The SMILES string of the molecule is CC(C)(O)c1cc2nc(C3CCC(C=O)CC3)oc2cc1NC(=O)c1cccc(C(F)(F)F)n1. The molecule has 2 N–H and O–H groups in total. The van der Waals surface area contributed by atoms with Gasteiger partial charge in [-0.3, -0.25) is 4.79 Å². The number of aliphatic hydroxyl groups is 1. The van der Waals surface area contributed by atoms with E-state index < -0.39 is 29.1 Å². The number of fused-ring (bicyclic) bond motifs is 1. The first-order chi connectivity index (χ1) is 16.0. The zero-order valence-corrected chi connectivity index (χ0v) is 18.6. The molecule has 1 aliphatic rings. The molecule has 1 saturated carbocycles. The van der Waals surface area contributed by atoms with E-state index >= 15 is 0 Å². The fourth-order valence-corrected chi connectivity index (χ4v) is 4.18. The van der Waals surface area contributed by atoms with Crippen LogP contribution in [0.2, 0.25) is 0 Å². The molecule has 2 aromatic heterocycles. The molecule has 180 valence electrons. The number of carbonyl (C=O) groups is 2. The maximum Gasteiger partial charge on any atom is 0.433 e. The van der Waals surface area contributed by atoms with Gasteiger partial charge >= 0.3 is 6.18 Å². The van der Waals surface area contributed by atoms with Gasteiger partial charge in [0.2, 0.25) is 0 Å². The predicted molar refractivity (Wildman–Crippen MR) is 117 cm³/mol. The monoisotopic (exact) mass is 475 g/mol. The van der Waals surface area contributed by atoms with Crippen LogP contribution in [-0.2, 0) is 16.6 Å². The van der Waals surface area contributed by atoms with Gasteiger partial charge in [0.25, 0.3) is 5.91 Å². The van der Waals surface area contributed by atoms with Crippen molar-refractivity contribution >= 4 is 29.0 Å². The molecule has 7 nitrogen and oxygen atoms in total. The maximum absolute atomic E-state index is 13.0. The largest absolute Gasteiger partial charge is 0.440 e. The van der Waals surface area contributed by atoms with Gasteiger partial charge in [-0.25, -0.2) is 9.97 Å². The van der Waals surface area contributed by atoms with E-state index in [-0.39, 0.29) is 17.5 Å². The summed E-state index contributed by atoms with van der Waals surface area (Å²) in [7, 11) is 0. The molecule has 0 atom stereocenters. The van der Waals surface area contributed by atoms with Crippen molar-refractivity contribution < 1.29 is 32.3 Å². The van der Waals surface area contributed by atoms with Crippen molar-refractivity contribution in [2.45, 2.75) is 57.2 Å². The highest BCUT2D eigenvalue weighted by Crippen LogP contribution is 2.38. The lowest BCUT2D eigenvalue weighted by Gasteiger charge is -2.22. The number of rotatable bonds is 5. The quantitative estimate of drug-likeness (QED) is 0.492. The summed E-state index contributed by atoms with van der Waals surface area (Å²) in [6.07, 6.45) is -0.667. The van der Waals surface area contributed by atoms with Crippen LogP contribution in [-0.4, -0.2) is 27.3 Å². The lowest BCUT2D eigenvalue weighted by Crippen LogP contribution is -2.22. The normalized spacial score (nSPS) is 19.2. The van der Waals surface area contributed by atoms with Gasteiger partial charge in [-0.1, -0.05) is 6.07 Å². The Morgan fingerprint density at radius 2 is 1.85 bits per heavy atom. The number of benzene rings is 1. The Balaban J connectivity index is 1.66. The molecule has 1 amide bonds. The molecule has 1 fully saturated rings. The number of amides is 1.